The van der Waals surface area contributed by atoms with E-state index in [0.717, 1.165) is 25.9 Å². The molecule has 1 atom stereocenters. The van der Waals surface area contributed by atoms with Crippen molar-refractivity contribution in [1.29, 1.82) is 0 Å². The Morgan fingerprint density at radius 3 is 2.49 bits per heavy atom. The fraction of sp³-hybridized carbons (Fsp3) is 0.387. The van der Waals surface area contributed by atoms with Gasteiger partial charge in [-0.2, -0.15) is 0 Å². The Labute approximate surface area is 253 Å². The molecule has 12 heteroatoms. The highest BCUT2D eigenvalue weighted by Crippen LogP contribution is 2.38. The number of amides is 1. The largest absolute Gasteiger partial charge is 0.497 e. The molecule has 0 aliphatic carbocycles. The monoisotopic (exact) mass is 605 g/mol. The van der Waals surface area contributed by atoms with Gasteiger partial charge >= 0.3 is 0 Å². The minimum absolute atomic E-state index is 0.00497. The third-order valence-electron chi connectivity index (χ3n) is 7.97. The number of rotatable bonds is 9. The van der Waals surface area contributed by atoms with Crippen molar-refractivity contribution in [1.82, 2.24) is 9.47 Å². The Morgan fingerprint density at radius 1 is 1.14 bits per heavy atom. The summed E-state index contributed by atoms with van der Waals surface area (Å²) in [6.07, 6.45) is 3.64. The average Bonchev–Trinajstić information content (AvgIpc) is 3.65. The highest BCUT2D eigenvalue weighted by molar-refractivity contribution is 7.07. The average molecular weight is 606 g/mol. The summed E-state index contributed by atoms with van der Waals surface area (Å²) in [5, 5.41) is 12.0. The van der Waals surface area contributed by atoms with Gasteiger partial charge in [0.15, 0.2) is 4.80 Å². The summed E-state index contributed by atoms with van der Waals surface area (Å²) in [4.78, 5) is 48.5. The van der Waals surface area contributed by atoms with Crippen LogP contribution >= 0.6 is 11.3 Å². The molecule has 0 radical (unpaired) electrons. The van der Waals surface area contributed by atoms with Crippen LogP contribution in [0.1, 0.15) is 50.8 Å². The Bertz CT molecular complexity index is 1780. The van der Waals surface area contributed by atoms with Gasteiger partial charge in [0.05, 0.1) is 34.9 Å². The molecule has 0 bridgehead atoms. The number of carbonyl (C=O) groups excluding carboxylic acids is 1. The van der Waals surface area contributed by atoms with E-state index in [9.17, 15) is 19.7 Å². The van der Waals surface area contributed by atoms with E-state index in [1.807, 2.05) is 18.7 Å². The van der Waals surface area contributed by atoms with Crippen LogP contribution in [0, 0.1) is 10.1 Å². The fourth-order valence-corrected chi connectivity index (χ4v) is 6.82. The first-order chi connectivity index (χ1) is 20.7. The van der Waals surface area contributed by atoms with Crippen LogP contribution in [0.2, 0.25) is 0 Å². The summed E-state index contributed by atoms with van der Waals surface area (Å²) in [6.45, 7) is 8.12. The number of nitro groups is 1. The minimum atomic E-state index is -0.830. The highest BCUT2D eigenvalue weighted by atomic mass is 32.1. The standard InChI is InChI=1S/C31H35N5O6S/c1-6-33(7-2)30(38)27-19(3)32-31-35(28(27)22-18-21(41-4)11-13-25(22)42-5)29(37)26(43-31)17-20-10-12-23(24(16-20)36(39)40)34-14-8-9-15-34/h10-13,16-18,28H,6-9,14-15H2,1-5H3/b26-17-/t28-/m1/s1. The number of ether oxygens (including phenoxy) is 2. The number of fused-ring (bicyclic) bond motifs is 1. The van der Waals surface area contributed by atoms with E-state index in [1.165, 1.54) is 29.1 Å². The molecule has 43 heavy (non-hydrogen) atoms. The number of aromatic nitrogens is 1. The molecule has 2 aliphatic heterocycles. The molecule has 1 amide bonds. The van der Waals surface area contributed by atoms with Crippen LogP contribution in [-0.4, -0.2) is 60.7 Å². The van der Waals surface area contributed by atoms with Gasteiger partial charge in [-0.1, -0.05) is 17.4 Å². The molecule has 5 rings (SSSR count). The Hall–Kier alpha value is -4.45. The van der Waals surface area contributed by atoms with Gasteiger partial charge in [-0.25, -0.2) is 4.99 Å². The summed E-state index contributed by atoms with van der Waals surface area (Å²) >= 11 is 1.18. The lowest BCUT2D eigenvalue weighted by Crippen LogP contribution is -2.43. The van der Waals surface area contributed by atoms with E-state index < -0.39 is 6.04 Å². The number of allylic oxidation sites excluding steroid dienone is 1. The molecule has 1 aromatic heterocycles. The number of anilines is 1. The predicted molar refractivity (Wildman–Crippen MR) is 166 cm³/mol. The van der Waals surface area contributed by atoms with Crippen molar-refractivity contribution >= 4 is 34.7 Å². The number of thiazole rings is 1. The van der Waals surface area contributed by atoms with E-state index in [0.29, 0.717) is 62.0 Å². The topological polar surface area (TPSA) is 120 Å². The number of methoxy groups -OCH3 is 2. The van der Waals surface area contributed by atoms with Crippen molar-refractivity contribution < 1.29 is 19.2 Å². The van der Waals surface area contributed by atoms with Crippen molar-refractivity contribution in [2.24, 2.45) is 4.99 Å². The molecular formula is C31H35N5O6S. The SMILES string of the molecule is CCN(CC)C(=O)C1=C(C)N=c2s/c(=C\c3ccc(N4CCCC4)c([N+](=O)[O-])c3)c(=O)n2[C@@H]1c1cc(OC)ccc1OC. The van der Waals surface area contributed by atoms with Crippen LogP contribution in [0.15, 0.2) is 57.5 Å². The highest BCUT2D eigenvalue weighted by Gasteiger charge is 2.36. The van der Waals surface area contributed by atoms with E-state index in [4.69, 9.17) is 14.5 Å². The first-order valence-electron chi connectivity index (χ1n) is 14.3. The van der Waals surface area contributed by atoms with Crippen molar-refractivity contribution in [2.75, 3.05) is 45.3 Å². The first kappa shape index (κ1) is 30.0. The number of carbonyl (C=O) groups is 1. The zero-order chi connectivity index (χ0) is 30.8. The number of nitro benzene ring substituents is 1. The van der Waals surface area contributed by atoms with Crippen molar-refractivity contribution in [3.05, 3.63) is 88.6 Å². The molecule has 0 saturated carbocycles. The van der Waals surface area contributed by atoms with Gasteiger partial charge in [-0.05, 0) is 69.5 Å². The minimum Gasteiger partial charge on any atom is -0.497 e. The summed E-state index contributed by atoms with van der Waals surface area (Å²) in [6, 6.07) is 9.50. The van der Waals surface area contributed by atoms with Crippen LogP contribution in [0.25, 0.3) is 6.08 Å². The summed E-state index contributed by atoms with van der Waals surface area (Å²) < 4.78 is 13.1. The first-order valence-corrected chi connectivity index (χ1v) is 15.1. The second-order valence-electron chi connectivity index (χ2n) is 10.4. The Kier molecular flexibility index (Phi) is 8.67. The molecule has 0 N–H and O–H groups in total. The Balaban J connectivity index is 1.72. The molecule has 3 heterocycles. The van der Waals surface area contributed by atoms with Gasteiger partial charge in [-0.15, -0.1) is 0 Å². The maximum atomic E-state index is 14.2. The van der Waals surface area contributed by atoms with Crippen LogP contribution in [-0.2, 0) is 4.79 Å². The number of hydrogen-bond acceptors (Lipinski definition) is 9. The number of nitrogens with zero attached hydrogens (tertiary/aromatic N) is 5. The maximum Gasteiger partial charge on any atom is 0.293 e. The van der Waals surface area contributed by atoms with E-state index in [2.05, 4.69) is 0 Å². The van der Waals surface area contributed by atoms with Crippen molar-refractivity contribution in [3.8, 4) is 11.5 Å². The van der Waals surface area contributed by atoms with Gasteiger partial charge < -0.3 is 19.3 Å². The smallest absolute Gasteiger partial charge is 0.293 e. The van der Waals surface area contributed by atoms with E-state index in [1.54, 1.807) is 55.3 Å². The second-order valence-corrected chi connectivity index (χ2v) is 11.4. The summed E-state index contributed by atoms with van der Waals surface area (Å²) in [5.41, 5.74) is 2.23. The molecule has 226 valence electrons. The van der Waals surface area contributed by atoms with Gasteiger partial charge in [0.25, 0.3) is 17.2 Å². The lowest BCUT2D eigenvalue weighted by Gasteiger charge is -2.30. The molecule has 1 saturated heterocycles. The van der Waals surface area contributed by atoms with Gasteiger partial charge in [0, 0.05) is 37.8 Å². The number of likely N-dealkylation sites (N-methyl/N-ethyl adjacent to an activating group) is 1. The van der Waals surface area contributed by atoms with Gasteiger partial charge in [0.1, 0.15) is 23.2 Å². The second kappa shape index (κ2) is 12.4. The Morgan fingerprint density at radius 2 is 1.86 bits per heavy atom. The zero-order valence-electron chi connectivity index (χ0n) is 25.0. The van der Waals surface area contributed by atoms with Gasteiger partial charge in [0.2, 0.25) is 0 Å². The van der Waals surface area contributed by atoms with E-state index in [-0.39, 0.29) is 22.1 Å². The molecule has 3 aromatic rings. The molecule has 1 fully saturated rings. The van der Waals surface area contributed by atoms with E-state index >= 15 is 0 Å². The van der Waals surface area contributed by atoms with Crippen LogP contribution in [0.5, 0.6) is 11.5 Å². The zero-order valence-corrected chi connectivity index (χ0v) is 25.8. The molecule has 2 aliphatic rings. The molecule has 0 spiro atoms. The number of hydrogen-bond donors (Lipinski definition) is 0. The van der Waals surface area contributed by atoms with Crippen LogP contribution in [0.4, 0.5) is 11.4 Å². The van der Waals surface area contributed by atoms with Crippen LogP contribution in [0.3, 0.4) is 0 Å². The summed E-state index contributed by atoms with van der Waals surface area (Å²) in [7, 11) is 3.09. The molecular weight excluding hydrogens is 570 g/mol. The summed E-state index contributed by atoms with van der Waals surface area (Å²) in [5.74, 6) is 0.823. The lowest BCUT2D eigenvalue weighted by atomic mass is 9.93. The fourth-order valence-electron chi connectivity index (χ4n) is 5.78. The van der Waals surface area contributed by atoms with Gasteiger partial charge in [-0.3, -0.25) is 24.3 Å². The molecule has 0 unspecified atom stereocenters. The quantitative estimate of drug-likeness (QED) is 0.270. The van der Waals surface area contributed by atoms with Crippen LogP contribution < -0.4 is 29.3 Å². The predicted octanol–water partition coefficient (Wildman–Crippen LogP) is 3.63. The lowest BCUT2D eigenvalue weighted by molar-refractivity contribution is -0.384. The maximum absolute atomic E-state index is 14.2. The molecule has 11 nitrogen and oxygen atoms in total. The van der Waals surface area contributed by atoms with Crippen molar-refractivity contribution in [2.45, 2.75) is 39.7 Å². The third kappa shape index (κ3) is 5.54. The third-order valence-corrected chi connectivity index (χ3v) is 8.96. The van der Waals surface area contributed by atoms with Crippen molar-refractivity contribution in [3.63, 3.8) is 0 Å². The molecule has 2 aromatic carbocycles. The normalized spacial score (nSPS) is 16.6. The number of benzene rings is 2.